The third-order valence-electron chi connectivity index (χ3n) is 6.59. The largest absolute Gasteiger partial charge is 0.245 e. The van der Waals surface area contributed by atoms with Crippen molar-refractivity contribution in [1.82, 2.24) is 4.31 Å². The van der Waals surface area contributed by atoms with E-state index in [0.29, 0.717) is 11.4 Å². The van der Waals surface area contributed by atoms with Crippen molar-refractivity contribution in [2.75, 3.05) is 12.3 Å². The number of nitrogens with zero attached hydrogens (tertiary/aromatic N) is 1. The van der Waals surface area contributed by atoms with E-state index in [2.05, 4.69) is 30.3 Å². The number of sulfonamides is 1. The molecule has 2 aliphatic rings. The lowest BCUT2D eigenvalue weighted by Crippen LogP contribution is -2.30. The van der Waals surface area contributed by atoms with Crippen LogP contribution >= 0.6 is 11.8 Å². The maximum atomic E-state index is 13.9. The normalized spacial score (nSPS) is 19.3. The molecule has 4 aromatic rings. The van der Waals surface area contributed by atoms with Crippen molar-refractivity contribution in [3.8, 4) is 0 Å². The van der Waals surface area contributed by atoms with E-state index in [9.17, 15) is 8.42 Å². The van der Waals surface area contributed by atoms with Gasteiger partial charge in [-0.05, 0) is 58.2 Å². The lowest BCUT2D eigenvalue weighted by atomic mass is 9.87. The molecule has 0 N–H and O–H groups in total. The van der Waals surface area contributed by atoms with E-state index >= 15 is 0 Å². The van der Waals surface area contributed by atoms with Crippen LogP contribution in [-0.2, 0) is 22.9 Å². The van der Waals surface area contributed by atoms with Crippen LogP contribution in [0.15, 0.2) is 77.7 Å². The van der Waals surface area contributed by atoms with Crippen LogP contribution in [-0.4, -0.2) is 25.0 Å². The minimum Gasteiger partial charge on any atom is -0.207 e. The van der Waals surface area contributed by atoms with E-state index in [-0.39, 0.29) is 5.37 Å². The lowest BCUT2D eigenvalue weighted by molar-refractivity contribution is 0.436. The number of hydrogen-bond donors (Lipinski definition) is 0. The zero-order chi connectivity index (χ0) is 21.0. The summed E-state index contributed by atoms with van der Waals surface area (Å²) in [6, 6.07) is 24.2. The fourth-order valence-electron chi connectivity index (χ4n) is 5.18. The number of thioether (sulfide) groups is 1. The van der Waals surface area contributed by atoms with Gasteiger partial charge in [0.2, 0.25) is 10.0 Å². The van der Waals surface area contributed by atoms with E-state index in [1.807, 2.05) is 36.4 Å². The Bertz CT molecular complexity index is 1410. The standard InChI is InChI=1S/C26H23NO2S2/c28-31(29,24-13-5-7-18-6-1-2-11-21(18)24)27-16-17-30-26(27)23-15-14-20-9-3-8-19-10-4-12-22(23)25(19)20/h1-2,4-7,10-15,26H,3,8-9,16-17H2. The van der Waals surface area contributed by atoms with Crippen molar-refractivity contribution < 1.29 is 8.42 Å². The van der Waals surface area contributed by atoms with Gasteiger partial charge in [0, 0.05) is 17.7 Å². The van der Waals surface area contributed by atoms with Gasteiger partial charge in [0.05, 0.1) is 10.3 Å². The number of fused-ring (bicyclic) bond motifs is 1. The average Bonchev–Trinajstić information content (AvgIpc) is 3.30. The summed E-state index contributed by atoms with van der Waals surface area (Å²) in [7, 11) is -3.63. The van der Waals surface area contributed by atoms with E-state index in [4.69, 9.17) is 0 Å². The fraction of sp³-hybridized carbons (Fsp3) is 0.231. The van der Waals surface area contributed by atoms with Crippen molar-refractivity contribution >= 4 is 43.3 Å². The second-order valence-corrected chi connectivity index (χ2v) is 11.4. The Balaban J connectivity index is 1.50. The van der Waals surface area contributed by atoms with Gasteiger partial charge in [0.25, 0.3) is 0 Å². The SMILES string of the molecule is O=S(=O)(c1cccc2ccccc12)N1CCSC1c1ccc2c3c(cccc13)CCC2. The third-order valence-corrected chi connectivity index (χ3v) is 9.89. The van der Waals surface area contributed by atoms with Gasteiger partial charge < -0.3 is 0 Å². The molecule has 4 aromatic carbocycles. The van der Waals surface area contributed by atoms with Crippen molar-refractivity contribution in [3.05, 3.63) is 89.5 Å². The Morgan fingerprint density at radius 3 is 2.45 bits per heavy atom. The van der Waals surface area contributed by atoms with Crippen LogP contribution in [0, 0.1) is 0 Å². The number of rotatable bonds is 3. The summed E-state index contributed by atoms with van der Waals surface area (Å²) < 4.78 is 29.5. The highest BCUT2D eigenvalue weighted by atomic mass is 32.2. The minimum absolute atomic E-state index is 0.199. The van der Waals surface area contributed by atoms with Crippen LogP contribution in [0.2, 0.25) is 0 Å². The Morgan fingerprint density at radius 2 is 1.55 bits per heavy atom. The Morgan fingerprint density at radius 1 is 0.806 bits per heavy atom. The molecular weight excluding hydrogens is 422 g/mol. The molecule has 1 aliphatic carbocycles. The molecule has 0 amide bonds. The van der Waals surface area contributed by atoms with Crippen molar-refractivity contribution in [2.45, 2.75) is 29.5 Å². The first kappa shape index (κ1) is 19.4. The first-order valence-corrected chi connectivity index (χ1v) is 13.3. The maximum Gasteiger partial charge on any atom is 0.245 e. The molecule has 5 heteroatoms. The van der Waals surface area contributed by atoms with Crippen LogP contribution < -0.4 is 0 Å². The molecule has 156 valence electrons. The monoisotopic (exact) mass is 445 g/mol. The van der Waals surface area contributed by atoms with Gasteiger partial charge in [0.1, 0.15) is 0 Å². The molecule has 3 nitrogen and oxygen atoms in total. The summed E-state index contributed by atoms with van der Waals surface area (Å²) in [5.74, 6) is 0.803. The summed E-state index contributed by atoms with van der Waals surface area (Å²) in [5, 5.41) is 4.11. The quantitative estimate of drug-likeness (QED) is 0.393. The smallest absolute Gasteiger partial charge is 0.207 e. The molecule has 1 fully saturated rings. The molecule has 6 rings (SSSR count). The van der Waals surface area contributed by atoms with Gasteiger partial charge in [-0.15, -0.1) is 11.8 Å². The third kappa shape index (κ3) is 3.02. The van der Waals surface area contributed by atoms with Crippen LogP contribution in [0.5, 0.6) is 0 Å². The number of benzene rings is 4. The van der Waals surface area contributed by atoms with E-state index < -0.39 is 10.0 Å². The van der Waals surface area contributed by atoms with E-state index in [1.165, 1.54) is 28.3 Å². The van der Waals surface area contributed by atoms with Crippen LogP contribution in [0.25, 0.3) is 21.5 Å². The molecule has 0 bridgehead atoms. The van der Waals surface area contributed by atoms with E-state index in [1.54, 1.807) is 22.1 Å². The highest BCUT2D eigenvalue weighted by Crippen LogP contribution is 2.46. The van der Waals surface area contributed by atoms with Gasteiger partial charge in [-0.1, -0.05) is 66.7 Å². The molecule has 0 aromatic heterocycles. The second kappa shape index (κ2) is 7.37. The van der Waals surface area contributed by atoms with Crippen LogP contribution in [0.3, 0.4) is 0 Å². The summed E-state index contributed by atoms with van der Waals surface area (Å²) in [6.07, 6.45) is 3.39. The number of hydrogen-bond acceptors (Lipinski definition) is 3. The fourth-order valence-corrected chi connectivity index (χ4v) is 8.66. The summed E-state index contributed by atoms with van der Waals surface area (Å²) in [6.45, 7) is 0.532. The predicted molar refractivity (Wildman–Crippen MR) is 129 cm³/mol. The molecular formula is C26H23NO2S2. The first-order valence-electron chi connectivity index (χ1n) is 10.8. The molecule has 0 saturated carbocycles. The molecule has 1 heterocycles. The van der Waals surface area contributed by atoms with Gasteiger partial charge in [0.15, 0.2) is 0 Å². The zero-order valence-electron chi connectivity index (χ0n) is 17.1. The topological polar surface area (TPSA) is 37.4 Å². The molecule has 0 spiro atoms. The zero-order valence-corrected chi connectivity index (χ0v) is 18.8. The van der Waals surface area contributed by atoms with Crippen LogP contribution in [0.1, 0.15) is 28.5 Å². The average molecular weight is 446 g/mol. The van der Waals surface area contributed by atoms with E-state index in [0.717, 1.165) is 34.9 Å². The predicted octanol–water partition coefficient (Wildman–Crippen LogP) is 5.92. The van der Waals surface area contributed by atoms with Crippen molar-refractivity contribution in [1.29, 1.82) is 0 Å². The Labute approximate surface area is 187 Å². The summed E-state index contributed by atoms with van der Waals surface area (Å²) in [5.41, 5.74) is 3.91. The Hall–Kier alpha value is -2.34. The number of aryl methyl sites for hydroxylation is 2. The minimum atomic E-state index is -3.63. The summed E-state index contributed by atoms with van der Waals surface area (Å²) >= 11 is 1.73. The molecule has 1 saturated heterocycles. The molecule has 1 unspecified atom stereocenters. The first-order chi connectivity index (χ1) is 15.1. The Kier molecular flexibility index (Phi) is 4.60. The molecule has 1 aliphatic heterocycles. The highest BCUT2D eigenvalue weighted by Gasteiger charge is 2.38. The highest BCUT2D eigenvalue weighted by molar-refractivity contribution is 8.01. The van der Waals surface area contributed by atoms with Gasteiger partial charge in [-0.2, -0.15) is 4.31 Å². The van der Waals surface area contributed by atoms with Gasteiger partial charge in [-0.25, -0.2) is 8.42 Å². The lowest BCUT2D eigenvalue weighted by Gasteiger charge is -2.27. The van der Waals surface area contributed by atoms with Crippen molar-refractivity contribution in [3.63, 3.8) is 0 Å². The van der Waals surface area contributed by atoms with Crippen molar-refractivity contribution in [2.24, 2.45) is 0 Å². The maximum absolute atomic E-state index is 13.9. The molecule has 1 atom stereocenters. The molecule has 31 heavy (non-hydrogen) atoms. The molecule has 0 radical (unpaired) electrons. The van der Waals surface area contributed by atoms with Crippen LogP contribution in [0.4, 0.5) is 0 Å². The van der Waals surface area contributed by atoms with Gasteiger partial charge >= 0.3 is 0 Å². The second-order valence-electron chi connectivity index (χ2n) is 8.32. The summed E-state index contributed by atoms with van der Waals surface area (Å²) in [4.78, 5) is 0.404. The van der Waals surface area contributed by atoms with Gasteiger partial charge in [-0.3, -0.25) is 0 Å².